The van der Waals surface area contributed by atoms with Crippen molar-refractivity contribution >= 4 is 11.9 Å². The van der Waals surface area contributed by atoms with Crippen molar-refractivity contribution in [1.29, 1.82) is 0 Å². The molecule has 1 aromatic carbocycles. The molecule has 5 nitrogen and oxygen atoms in total. The smallest absolute Gasteiger partial charge is 0.422 e. The van der Waals surface area contributed by atoms with Gasteiger partial charge >= 0.3 is 12.1 Å². The molecular formula is C14H16F3NO4. The minimum atomic E-state index is -4.41. The average Bonchev–Trinajstić information content (AvgIpc) is 2.44. The van der Waals surface area contributed by atoms with Gasteiger partial charge in [-0.05, 0) is 37.1 Å². The molecule has 2 N–H and O–H groups in total. The van der Waals surface area contributed by atoms with Gasteiger partial charge in [-0.1, -0.05) is 0 Å². The summed E-state index contributed by atoms with van der Waals surface area (Å²) in [5.74, 6) is -1.24. The fourth-order valence-corrected chi connectivity index (χ4v) is 1.57. The van der Waals surface area contributed by atoms with Gasteiger partial charge in [0.15, 0.2) is 6.61 Å². The number of benzene rings is 1. The molecule has 0 aliphatic rings. The summed E-state index contributed by atoms with van der Waals surface area (Å²) in [6.07, 6.45) is -3.38. The van der Waals surface area contributed by atoms with Crippen LogP contribution in [-0.4, -0.2) is 36.3 Å². The van der Waals surface area contributed by atoms with E-state index in [-0.39, 0.29) is 23.6 Å². The molecule has 8 heteroatoms. The zero-order valence-corrected chi connectivity index (χ0v) is 11.7. The minimum Gasteiger partial charge on any atom is -0.484 e. The van der Waals surface area contributed by atoms with E-state index in [2.05, 4.69) is 10.1 Å². The molecule has 1 aromatic rings. The van der Waals surface area contributed by atoms with E-state index in [0.29, 0.717) is 19.4 Å². The molecule has 0 saturated carbocycles. The molecule has 0 aromatic heterocycles. The van der Waals surface area contributed by atoms with Crippen molar-refractivity contribution in [2.75, 3.05) is 13.2 Å². The highest BCUT2D eigenvalue weighted by atomic mass is 19.4. The standard InChI is InChI=1S/C14H16F3NO4/c15-14(16,17)9-22-11-6-4-10(5-7-11)13(21)18-8-2-1-3-12(19)20/h4-7H,1-3,8-9H2,(H,18,21)(H,19,20). The molecule has 1 rings (SSSR count). The number of halogens is 3. The number of unbranched alkanes of at least 4 members (excludes halogenated alkanes) is 1. The fourth-order valence-electron chi connectivity index (χ4n) is 1.57. The zero-order valence-electron chi connectivity index (χ0n) is 11.7. The molecule has 122 valence electrons. The molecule has 0 heterocycles. The fraction of sp³-hybridized carbons (Fsp3) is 0.429. The molecule has 0 spiro atoms. The number of hydrogen-bond acceptors (Lipinski definition) is 3. The summed E-state index contributed by atoms with van der Waals surface area (Å²) < 4.78 is 40.5. The van der Waals surface area contributed by atoms with Crippen LogP contribution >= 0.6 is 0 Å². The number of carboxylic acids is 1. The van der Waals surface area contributed by atoms with E-state index >= 15 is 0 Å². The van der Waals surface area contributed by atoms with Crippen molar-refractivity contribution in [2.24, 2.45) is 0 Å². The quantitative estimate of drug-likeness (QED) is 0.722. The highest BCUT2D eigenvalue weighted by Crippen LogP contribution is 2.18. The van der Waals surface area contributed by atoms with Gasteiger partial charge in [-0.3, -0.25) is 9.59 Å². The zero-order chi connectivity index (χ0) is 16.6. The number of carbonyl (C=O) groups excluding carboxylic acids is 1. The van der Waals surface area contributed by atoms with Crippen LogP contribution < -0.4 is 10.1 Å². The summed E-state index contributed by atoms with van der Waals surface area (Å²) in [6.45, 7) is -1.06. The Hall–Kier alpha value is -2.25. The van der Waals surface area contributed by atoms with Crippen LogP contribution in [0.1, 0.15) is 29.6 Å². The van der Waals surface area contributed by atoms with Crippen molar-refractivity contribution in [3.8, 4) is 5.75 Å². The second-order valence-electron chi connectivity index (χ2n) is 4.53. The predicted octanol–water partition coefficient (Wildman–Crippen LogP) is 2.61. The van der Waals surface area contributed by atoms with E-state index in [1.54, 1.807) is 0 Å². The van der Waals surface area contributed by atoms with Crippen molar-refractivity contribution in [2.45, 2.75) is 25.4 Å². The number of alkyl halides is 3. The van der Waals surface area contributed by atoms with Crippen LogP contribution in [0.15, 0.2) is 24.3 Å². The Balaban J connectivity index is 2.36. The van der Waals surface area contributed by atoms with Crippen LogP contribution in [0.2, 0.25) is 0 Å². The van der Waals surface area contributed by atoms with E-state index in [1.807, 2.05) is 0 Å². The SMILES string of the molecule is O=C(O)CCCCNC(=O)c1ccc(OCC(F)(F)F)cc1. The lowest BCUT2D eigenvalue weighted by Gasteiger charge is -2.09. The molecule has 0 atom stereocenters. The Morgan fingerprint density at radius 2 is 1.77 bits per heavy atom. The highest BCUT2D eigenvalue weighted by Gasteiger charge is 2.28. The van der Waals surface area contributed by atoms with Gasteiger partial charge in [0.2, 0.25) is 0 Å². The lowest BCUT2D eigenvalue weighted by molar-refractivity contribution is -0.153. The Bertz CT molecular complexity index is 500. The maximum absolute atomic E-state index is 12.0. The molecule has 0 fully saturated rings. The van der Waals surface area contributed by atoms with Crippen LogP contribution in [0.25, 0.3) is 0 Å². The summed E-state index contributed by atoms with van der Waals surface area (Å²) in [6, 6.07) is 5.28. The van der Waals surface area contributed by atoms with Crippen LogP contribution in [0.4, 0.5) is 13.2 Å². The van der Waals surface area contributed by atoms with E-state index in [4.69, 9.17) is 5.11 Å². The van der Waals surface area contributed by atoms with Gasteiger partial charge in [0.25, 0.3) is 5.91 Å². The van der Waals surface area contributed by atoms with Crippen molar-refractivity contribution in [3.63, 3.8) is 0 Å². The summed E-state index contributed by atoms with van der Waals surface area (Å²) in [7, 11) is 0. The maximum atomic E-state index is 12.0. The summed E-state index contributed by atoms with van der Waals surface area (Å²) in [5, 5.41) is 11.0. The number of carboxylic acid groups (broad SMARTS) is 1. The lowest BCUT2D eigenvalue weighted by Crippen LogP contribution is -2.24. The lowest BCUT2D eigenvalue weighted by atomic mass is 10.2. The van der Waals surface area contributed by atoms with Crippen LogP contribution in [0.5, 0.6) is 5.75 Å². The van der Waals surface area contributed by atoms with Gasteiger partial charge in [0, 0.05) is 18.5 Å². The molecule has 0 aliphatic heterocycles. The predicted molar refractivity (Wildman–Crippen MR) is 71.8 cm³/mol. The number of amides is 1. The van der Waals surface area contributed by atoms with Crippen molar-refractivity contribution < 1.29 is 32.6 Å². The second kappa shape index (κ2) is 8.26. The van der Waals surface area contributed by atoms with Gasteiger partial charge in [0.05, 0.1) is 0 Å². The first-order valence-corrected chi connectivity index (χ1v) is 6.57. The third kappa shape index (κ3) is 7.51. The third-order valence-electron chi connectivity index (χ3n) is 2.62. The number of carbonyl (C=O) groups is 2. The van der Waals surface area contributed by atoms with E-state index < -0.39 is 18.8 Å². The Kier molecular flexibility index (Phi) is 6.68. The van der Waals surface area contributed by atoms with Gasteiger partial charge in [-0.25, -0.2) is 0 Å². The molecule has 0 bridgehead atoms. The average molecular weight is 319 g/mol. The van der Waals surface area contributed by atoms with Gasteiger partial charge in [-0.2, -0.15) is 13.2 Å². The van der Waals surface area contributed by atoms with E-state index in [9.17, 15) is 22.8 Å². The van der Waals surface area contributed by atoms with E-state index in [1.165, 1.54) is 24.3 Å². The Morgan fingerprint density at radius 3 is 2.32 bits per heavy atom. The molecular weight excluding hydrogens is 303 g/mol. The topological polar surface area (TPSA) is 75.6 Å². The van der Waals surface area contributed by atoms with Gasteiger partial charge in [0.1, 0.15) is 5.75 Å². The Morgan fingerprint density at radius 1 is 1.14 bits per heavy atom. The molecule has 0 unspecified atom stereocenters. The third-order valence-corrected chi connectivity index (χ3v) is 2.62. The first kappa shape index (κ1) is 17.8. The Labute approximate surface area is 125 Å². The molecule has 22 heavy (non-hydrogen) atoms. The summed E-state index contributed by atoms with van der Waals surface area (Å²) >= 11 is 0. The number of rotatable bonds is 8. The number of aliphatic carboxylic acids is 1. The van der Waals surface area contributed by atoms with Crippen molar-refractivity contribution in [3.05, 3.63) is 29.8 Å². The number of ether oxygens (including phenoxy) is 1. The normalized spacial score (nSPS) is 11.0. The largest absolute Gasteiger partial charge is 0.484 e. The highest BCUT2D eigenvalue weighted by molar-refractivity contribution is 5.94. The van der Waals surface area contributed by atoms with Crippen LogP contribution in [0.3, 0.4) is 0 Å². The van der Waals surface area contributed by atoms with Crippen LogP contribution in [-0.2, 0) is 4.79 Å². The first-order valence-electron chi connectivity index (χ1n) is 6.57. The van der Waals surface area contributed by atoms with Crippen LogP contribution in [0, 0.1) is 0 Å². The van der Waals surface area contributed by atoms with E-state index in [0.717, 1.165) is 0 Å². The molecule has 0 radical (unpaired) electrons. The van der Waals surface area contributed by atoms with Gasteiger partial charge in [-0.15, -0.1) is 0 Å². The summed E-state index contributed by atoms with van der Waals surface area (Å²) in [4.78, 5) is 22.0. The summed E-state index contributed by atoms with van der Waals surface area (Å²) in [5.41, 5.74) is 0.289. The monoisotopic (exact) mass is 319 g/mol. The molecule has 0 aliphatic carbocycles. The second-order valence-corrected chi connectivity index (χ2v) is 4.53. The van der Waals surface area contributed by atoms with Gasteiger partial charge < -0.3 is 15.2 Å². The number of nitrogens with one attached hydrogen (secondary N) is 1. The number of hydrogen-bond donors (Lipinski definition) is 2. The maximum Gasteiger partial charge on any atom is 0.422 e. The molecule has 1 amide bonds. The van der Waals surface area contributed by atoms with Crippen molar-refractivity contribution in [1.82, 2.24) is 5.32 Å². The first-order chi connectivity index (χ1) is 10.3. The minimum absolute atomic E-state index is 0.0235. The molecule has 0 saturated heterocycles.